The minimum Gasteiger partial charge on any atom is -0.507 e. The molecule has 1 N–H and O–H groups in total. The number of rotatable bonds is 5. The molecule has 4 heteroatoms. The number of carbonyl (C=O) groups is 1. The number of esters is 1. The van der Waals surface area contributed by atoms with E-state index >= 15 is 0 Å². The molecule has 0 aromatic heterocycles. The summed E-state index contributed by atoms with van der Waals surface area (Å²) >= 11 is 0. The van der Waals surface area contributed by atoms with Crippen LogP contribution in [0, 0.1) is 0 Å². The predicted octanol–water partition coefficient (Wildman–Crippen LogP) is 3.03. The zero-order valence-electron chi connectivity index (χ0n) is 12.1. The first kappa shape index (κ1) is 15.1. The largest absolute Gasteiger partial charge is 0.507 e. The van der Waals surface area contributed by atoms with Gasteiger partial charge in [0.05, 0.1) is 19.3 Å². The van der Waals surface area contributed by atoms with Crippen LogP contribution in [0.25, 0.3) is 11.1 Å². The first-order valence-corrected chi connectivity index (χ1v) is 6.65. The molecule has 2 rings (SSSR count). The standard InChI is InChI=1S/C17H18O4/c1-20-10-9-12-3-5-13(6-4-12)15-8-7-14(11-16(15)18)17(19)21-2/h3-8,11,18H,9-10H2,1-2H3. The number of phenolic OH excluding ortho intramolecular Hbond substituents is 1. The SMILES string of the molecule is COCCc1ccc(-c2ccc(C(=O)OC)cc2O)cc1. The Kier molecular flexibility index (Phi) is 4.95. The summed E-state index contributed by atoms with van der Waals surface area (Å²) in [7, 11) is 2.99. The smallest absolute Gasteiger partial charge is 0.337 e. The highest BCUT2D eigenvalue weighted by Crippen LogP contribution is 2.30. The Bertz CT molecular complexity index is 617. The average molecular weight is 286 g/mol. The van der Waals surface area contributed by atoms with Gasteiger partial charge in [-0.3, -0.25) is 0 Å². The second-order valence-corrected chi connectivity index (χ2v) is 4.66. The van der Waals surface area contributed by atoms with Crippen LogP contribution in [-0.2, 0) is 15.9 Å². The van der Waals surface area contributed by atoms with Crippen LogP contribution in [0.5, 0.6) is 5.75 Å². The Hall–Kier alpha value is -2.33. The molecule has 0 bridgehead atoms. The van der Waals surface area contributed by atoms with E-state index in [1.165, 1.54) is 18.7 Å². The summed E-state index contributed by atoms with van der Waals surface area (Å²) in [5.41, 5.74) is 3.08. The molecule has 0 saturated carbocycles. The second kappa shape index (κ2) is 6.90. The van der Waals surface area contributed by atoms with E-state index in [-0.39, 0.29) is 5.75 Å². The highest BCUT2D eigenvalue weighted by Gasteiger charge is 2.10. The first-order valence-electron chi connectivity index (χ1n) is 6.65. The Morgan fingerprint density at radius 2 is 1.81 bits per heavy atom. The van der Waals surface area contributed by atoms with Crippen LogP contribution < -0.4 is 0 Å². The van der Waals surface area contributed by atoms with Crippen molar-refractivity contribution in [3.05, 3.63) is 53.6 Å². The maximum absolute atomic E-state index is 11.4. The molecule has 0 radical (unpaired) electrons. The molecule has 0 amide bonds. The molecule has 0 saturated heterocycles. The van der Waals surface area contributed by atoms with Crippen molar-refractivity contribution < 1.29 is 19.4 Å². The van der Waals surface area contributed by atoms with Crippen LogP contribution in [0.4, 0.5) is 0 Å². The lowest BCUT2D eigenvalue weighted by Gasteiger charge is -2.08. The third kappa shape index (κ3) is 3.61. The minimum absolute atomic E-state index is 0.0579. The van der Waals surface area contributed by atoms with Gasteiger partial charge in [0.1, 0.15) is 5.75 Å². The lowest BCUT2D eigenvalue weighted by molar-refractivity contribution is 0.0600. The zero-order valence-corrected chi connectivity index (χ0v) is 12.1. The summed E-state index contributed by atoms with van der Waals surface area (Å²) in [5, 5.41) is 10.1. The normalized spacial score (nSPS) is 10.4. The van der Waals surface area contributed by atoms with E-state index in [1.54, 1.807) is 19.2 Å². The molecular formula is C17H18O4. The molecule has 2 aromatic carbocycles. The Morgan fingerprint density at radius 3 is 2.38 bits per heavy atom. The molecule has 0 fully saturated rings. The fraction of sp³-hybridized carbons (Fsp3) is 0.235. The molecule has 0 unspecified atom stereocenters. The van der Waals surface area contributed by atoms with Gasteiger partial charge in [0.2, 0.25) is 0 Å². The van der Waals surface area contributed by atoms with E-state index in [0.717, 1.165) is 12.0 Å². The molecule has 0 heterocycles. The number of ether oxygens (including phenoxy) is 2. The molecule has 21 heavy (non-hydrogen) atoms. The summed E-state index contributed by atoms with van der Waals surface area (Å²) < 4.78 is 9.67. The highest BCUT2D eigenvalue weighted by molar-refractivity contribution is 5.91. The van der Waals surface area contributed by atoms with Gasteiger partial charge in [0, 0.05) is 12.7 Å². The maximum Gasteiger partial charge on any atom is 0.337 e. The molecule has 110 valence electrons. The van der Waals surface area contributed by atoms with Crippen LogP contribution in [0.15, 0.2) is 42.5 Å². The summed E-state index contributed by atoms with van der Waals surface area (Å²) in [4.78, 5) is 11.4. The second-order valence-electron chi connectivity index (χ2n) is 4.66. The van der Waals surface area contributed by atoms with E-state index in [2.05, 4.69) is 4.74 Å². The van der Waals surface area contributed by atoms with Crippen molar-refractivity contribution in [2.75, 3.05) is 20.8 Å². The Labute approximate surface area is 123 Å². The van der Waals surface area contributed by atoms with E-state index in [9.17, 15) is 9.90 Å². The summed E-state index contributed by atoms with van der Waals surface area (Å²) in [6.45, 7) is 0.679. The minimum atomic E-state index is -0.466. The van der Waals surface area contributed by atoms with E-state index in [0.29, 0.717) is 17.7 Å². The van der Waals surface area contributed by atoms with Gasteiger partial charge in [0.15, 0.2) is 0 Å². The Morgan fingerprint density at radius 1 is 1.10 bits per heavy atom. The molecular weight excluding hydrogens is 268 g/mol. The third-order valence-electron chi connectivity index (χ3n) is 3.28. The summed E-state index contributed by atoms with van der Waals surface area (Å²) in [6.07, 6.45) is 0.851. The number of methoxy groups -OCH3 is 2. The molecule has 4 nitrogen and oxygen atoms in total. The van der Waals surface area contributed by atoms with Gasteiger partial charge in [-0.25, -0.2) is 4.79 Å². The van der Waals surface area contributed by atoms with Crippen LogP contribution in [0.3, 0.4) is 0 Å². The van der Waals surface area contributed by atoms with Gasteiger partial charge in [-0.2, -0.15) is 0 Å². The summed E-state index contributed by atoms with van der Waals surface area (Å²) in [6, 6.07) is 12.7. The monoisotopic (exact) mass is 286 g/mol. The fourth-order valence-corrected chi connectivity index (χ4v) is 2.09. The molecule has 0 aliphatic rings. The van der Waals surface area contributed by atoms with Crippen molar-refractivity contribution >= 4 is 5.97 Å². The molecule has 0 atom stereocenters. The highest BCUT2D eigenvalue weighted by atomic mass is 16.5. The topological polar surface area (TPSA) is 55.8 Å². The van der Waals surface area contributed by atoms with Gasteiger partial charge in [-0.05, 0) is 35.7 Å². The fourth-order valence-electron chi connectivity index (χ4n) is 2.09. The Balaban J connectivity index is 2.23. The number of aromatic hydroxyl groups is 1. The van der Waals surface area contributed by atoms with Gasteiger partial charge >= 0.3 is 5.97 Å². The number of hydrogen-bond acceptors (Lipinski definition) is 4. The molecule has 0 aliphatic carbocycles. The number of benzene rings is 2. The van der Waals surface area contributed by atoms with Crippen LogP contribution in [-0.4, -0.2) is 31.9 Å². The van der Waals surface area contributed by atoms with Gasteiger partial charge in [0.25, 0.3) is 0 Å². The molecule has 0 spiro atoms. The first-order chi connectivity index (χ1) is 10.2. The maximum atomic E-state index is 11.4. The van der Waals surface area contributed by atoms with Crippen molar-refractivity contribution in [1.29, 1.82) is 0 Å². The lowest BCUT2D eigenvalue weighted by atomic mass is 10.0. The van der Waals surface area contributed by atoms with Crippen molar-refractivity contribution in [2.45, 2.75) is 6.42 Å². The van der Waals surface area contributed by atoms with E-state index in [1.807, 2.05) is 24.3 Å². The van der Waals surface area contributed by atoms with Crippen molar-refractivity contribution in [3.63, 3.8) is 0 Å². The van der Waals surface area contributed by atoms with Crippen molar-refractivity contribution in [3.8, 4) is 16.9 Å². The summed E-state index contributed by atoms with van der Waals surface area (Å²) in [5.74, 6) is -0.408. The van der Waals surface area contributed by atoms with Gasteiger partial charge < -0.3 is 14.6 Å². The molecule has 0 aliphatic heterocycles. The van der Waals surface area contributed by atoms with Crippen molar-refractivity contribution in [1.82, 2.24) is 0 Å². The van der Waals surface area contributed by atoms with Gasteiger partial charge in [-0.1, -0.05) is 24.3 Å². The zero-order chi connectivity index (χ0) is 15.2. The number of carbonyl (C=O) groups excluding carboxylic acids is 1. The van der Waals surface area contributed by atoms with Crippen LogP contribution >= 0.6 is 0 Å². The third-order valence-corrected chi connectivity index (χ3v) is 3.28. The molecule has 2 aromatic rings. The number of phenols is 1. The van der Waals surface area contributed by atoms with E-state index in [4.69, 9.17) is 4.74 Å². The van der Waals surface area contributed by atoms with E-state index < -0.39 is 5.97 Å². The number of hydrogen-bond donors (Lipinski definition) is 1. The lowest BCUT2D eigenvalue weighted by Crippen LogP contribution is -2.00. The quantitative estimate of drug-likeness (QED) is 0.858. The average Bonchev–Trinajstić information content (AvgIpc) is 2.52. The van der Waals surface area contributed by atoms with Gasteiger partial charge in [-0.15, -0.1) is 0 Å². The predicted molar refractivity (Wildman–Crippen MR) is 80.5 cm³/mol. The van der Waals surface area contributed by atoms with Crippen molar-refractivity contribution in [2.24, 2.45) is 0 Å². The van der Waals surface area contributed by atoms with Crippen LogP contribution in [0.1, 0.15) is 15.9 Å². The van der Waals surface area contributed by atoms with Crippen LogP contribution in [0.2, 0.25) is 0 Å².